The zero-order valence-electron chi connectivity index (χ0n) is 16.9. The highest BCUT2D eigenvalue weighted by molar-refractivity contribution is 6.07. The molecular formula is C23H22N2O5. The molecule has 0 radical (unpaired) electrons. The van der Waals surface area contributed by atoms with E-state index in [1.807, 2.05) is 31.2 Å². The van der Waals surface area contributed by atoms with Crippen LogP contribution in [0.25, 0.3) is 0 Å². The molecule has 0 spiro atoms. The second kappa shape index (κ2) is 7.74. The fraction of sp³-hybridized carbons (Fsp3) is 0.304. The van der Waals surface area contributed by atoms with E-state index < -0.39 is 4.92 Å². The van der Waals surface area contributed by atoms with Crippen LogP contribution in [0.15, 0.2) is 53.7 Å². The Bertz CT molecular complexity index is 1090. The Balaban J connectivity index is 1.88. The number of Topliss-reactive ketones (excluding diaryl/α,β-unsaturated/α-hetero) is 1. The molecule has 30 heavy (non-hydrogen) atoms. The fourth-order valence-corrected chi connectivity index (χ4v) is 4.37. The number of allylic oxidation sites excluding steroid dienone is 2. The summed E-state index contributed by atoms with van der Waals surface area (Å²) in [5, 5.41) is 11.3. The van der Waals surface area contributed by atoms with Crippen LogP contribution >= 0.6 is 0 Å². The van der Waals surface area contributed by atoms with Gasteiger partial charge in [-0.15, -0.1) is 0 Å². The highest BCUT2D eigenvalue weighted by Crippen LogP contribution is 2.44. The van der Waals surface area contributed by atoms with Crippen molar-refractivity contribution >= 4 is 23.1 Å². The highest BCUT2D eigenvalue weighted by Gasteiger charge is 2.40. The molecule has 0 fully saturated rings. The van der Waals surface area contributed by atoms with Crippen LogP contribution in [0, 0.1) is 17.0 Å². The molecule has 1 aliphatic heterocycles. The predicted molar refractivity (Wildman–Crippen MR) is 112 cm³/mol. The van der Waals surface area contributed by atoms with E-state index in [-0.39, 0.29) is 29.7 Å². The Hall–Kier alpha value is -3.48. The highest BCUT2D eigenvalue weighted by atomic mass is 16.6. The van der Waals surface area contributed by atoms with Crippen molar-refractivity contribution in [2.24, 2.45) is 0 Å². The largest absolute Gasteiger partial charge is 0.497 e. The average Bonchev–Trinajstić information content (AvgIpc) is 2.74. The van der Waals surface area contributed by atoms with E-state index in [0.717, 1.165) is 11.1 Å². The molecule has 0 N–H and O–H groups in total. The maximum atomic E-state index is 13.3. The molecule has 2 aromatic rings. The van der Waals surface area contributed by atoms with Crippen molar-refractivity contribution in [1.82, 2.24) is 0 Å². The third kappa shape index (κ3) is 3.36. The average molecular weight is 406 g/mol. The molecule has 1 amide bonds. The van der Waals surface area contributed by atoms with Crippen LogP contribution in [0.3, 0.4) is 0 Å². The number of carbonyl (C=O) groups excluding carboxylic acids is 2. The predicted octanol–water partition coefficient (Wildman–Crippen LogP) is 4.44. The number of ketones is 1. The van der Waals surface area contributed by atoms with Crippen LogP contribution < -0.4 is 9.64 Å². The summed E-state index contributed by atoms with van der Waals surface area (Å²) in [7, 11) is 1.58. The molecule has 2 aliphatic rings. The van der Waals surface area contributed by atoms with Gasteiger partial charge in [0, 0.05) is 42.2 Å². The van der Waals surface area contributed by atoms with Crippen LogP contribution in [0.1, 0.15) is 42.7 Å². The van der Waals surface area contributed by atoms with E-state index in [1.54, 1.807) is 13.2 Å². The van der Waals surface area contributed by atoms with Gasteiger partial charge >= 0.3 is 0 Å². The van der Waals surface area contributed by atoms with Crippen LogP contribution in [0.5, 0.6) is 5.75 Å². The number of carbonyl (C=O) groups is 2. The minimum atomic E-state index is -0.474. The first-order valence-corrected chi connectivity index (χ1v) is 9.89. The number of nitro groups is 1. The van der Waals surface area contributed by atoms with E-state index in [1.165, 1.54) is 17.0 Å². The molecular weight excluding hydrogens is 384 g/mol. The smallest absolute Gasteiger partial charge is 0.271 e. The van der Waals surface area contributed by atoms with Crippen molar-refractivity contribution < 1.29 is 19.2 Å². The van der Waals surface area contributed by atoms with Gasteiger partial charge in [0.1, 0.15) is 5.75 Å². The third-order valence-corrected chi connectivity index (χ3v) is 5.82. The lowest BCUT2D eigenvalue weighted by atomic mass is 9.77. The monoisotopic (exact) mass is 406 g/mol. The van der Waals surface area contributed by atoms with Crippen LogP contribution in [0.4, 0.5) is 11.4 Å². The van der Waals surface area contributed by atoms with Crippen molar-refractivity contribution in [1.29, 1.82) is 0 Å². The van der Waals surface area contributed by atoms with Crippen LogP contribution in [-0.2, 0) is 9.59 Å². The number of benzene rings is 2. The van der Waals surface area contributed by atoms with Gasteiger partial charge in [-0.25, -0.2) is 0 Å². The summed E-state index contributed by atoms with van der Waals surface area (Å²) in [6.45, 7) is 1.81. The Morgan fingerprint density at radius 1 is 1.13 bits per heavy atom. The number of anilines is 1. The number of ether oxygens (including phenoxy) is 1. The SMILES string of the molecule is COc1cccc(C2CC(=O)N(c3cc([N+](=O)[O-])ccc3C)C3=C2C(=O)CCC3)c1. The quantitative estimate of drug-likeness (QED) is 0.553. The Labute approximate surface area is 174 Å². The van der Waals surface area contributed by atoms with E-state index in [4.69, 9.17) is 4.74 Å². The van der Waals surface area contributed by atoms with Gasteiger partial charge in [0.2, 0.25) is 5.91 Å². The minimum absolute atomic E-state index is 0.0321. The number of non-ortho nitro benzene ring substituents is 1. The van der Waals surface area contributed by atoms with E-state index >= 15 is 0 Å². The molecule has 1 atom stereocenters. The molecule has 7 heteroatoms. The molecule has 0 saturated carbocycles. The second-order valence-corrected chi connectivity index (χ2v) is 7.63. The number of hydrogen-bond acceptors (Lipinski definition) is 5. The topological polar surface area (TPSA) is 89.8 Å². The van der Waals surface area contributed by atoms with E-state index in [2.05, 4.69) is 0 Å². The third-order valence-electron chi connectivity index (χ3n) is 5.82. The first kappa shape index (κ1) is 19.8. The molecule has 4 rings (SSSR count). The number of methoxy groups -OCH3 is 1. The molecule has 0 saturated heterocycles. The molecule has 1 aliphatic carbocycles. The fourth-order valence-electron chi connectivity index (χ4n) is 4.37. The standard InChI is InChI=1S/C23H22N2O5/c1-14-9-10-16(25(28)29)12-20(14)24-19-7-4-8-21(26)23(19)18(13-22(24)27)15-5-3-6-17(11-15)30-2/h3,5-6,9-12,18H,4,7-8,13H2,1-2H3. The maximum absolute atomic E-state index is 13.3. The molecule has 7 nitrogen and oxygen atoms in total. The normalized spacial score (nSPS) is 19.0. The summed E-state index contributed by atoms with van der Waals surface area (Å²) < 4.78 is 5.32. The number of rotatable bonds is 4. The zero-order chi connectivity index (χ0) is 21.4. The van der Waals surface area contributed by atoms with Gasteiger partial charge in [-0.1, -0.05) is 18.2 Å². The van der Waals surface area contributed by atoms with Gasteiger partial charge in [0.05, 0.1) is 17.7 Å². The van der Waals surface area contributed by atoms with Gasteiger partial charge in [0.25, 0.3) is 5.69 Å². The van der Waals surface area contributed by atoms with Crippen molar-refractivity contribution in [3.63, 3.8) is 0 Å². The molecule has 154 valence electrons. The van der Waals surface area contributed by atoms with Gasteiger partial charge in [-0.05, 0) is 43.0 Å². The summed E-state index contributed by atoms with van der Waals surface area (Å²) in [6, 6.07) is 11.9. The molecule has 0 bridgehead atoms. The summed E-state index contributed by atoms with van der Waals surface area (Å²) in [5.41, 5.74) is 3.31. The maximum Gasteiger partial charge on any atom is 0.271 e. The molecule has 0 aromatic heterocycles. The number of nitrogens with zero attached hydrogens (tertiary/aromatic N) is 2. The van der Waals surface area contributed by atoms with Crippen LogP contribution in [0.2, 0.25) is 0 Å². The Kier molecular flexibility index (Phi) is 5.11. The van der Waals surface area contributed by atoms with Crippen LogP contribution in [-0.4, -0.2) is 23.7 Å². The van der Waals surface area contributed by atoms with Crippen molar-refractivity contribution in [3.05, 3.63) is 75.0 Å². The molecule has 2 aromatic carbocycles. The Morgan fingerprint density at radius 3 is 2.67 bits per heavy atom. The number of hydrogen-bond donors (Lipinski definition) is 0. The van der Waals surface area contributed by atoms with E-state index in [9.17, 15) is 19.7 Å². The first-order chi connectivity index (χ1) is 14.4. The number of nitro benzene ring substituents is 1. The van der Waals surface area contributed by atoms with Gasteiger partial charge < -0.3 is 4.74 Å². The summed E-state index contributed by atoms with van der Waals surface area (Å²) >= 11 is 0. The molecule has 1 unspecified atom stereocenters. The zero-order valence-corrected chi connectivity index (χ0v) is 16.9. The van der Waals surface area contributed by atoms with Crippen molar-refractivity contribution in [2.45, 2.75) is 38.5 Å². The number of aryl methyl sites for hydroxylation is 1. The molecule has 1 heterocycles. The lowest BCUT2D eigenvalue weighted by Gasteiger charge is -2.38. The lowest BCUT2D eigenvalue weighted by molar-refractivity contribution is -0.384. The first-order valence-electron chi connectivity index (χ1n) is 9.89. The Morgan fingerprint density at radius 2 is 1.93 bits per heavy atom. The van der Waals surface area contributed by atoms with Crippen molar-refractivity contribution in [2.75, 3.05) is 12.0 Å². The van der Waals surface area contributed by atoms with E-state index in [0.29, 0.717) is 42.0 Å². The second-order valence-electron chi connectivity index (χ2n) is 7.63. The minimum Gasteiger partial charge on any atom is -0.497 e. The lowest BCUT2D eigenvalue weighted by Crippen LogP contribution is -2.40. The summed E-state index contributed by atoms with van der Waals surface area (Å²) in [4.78, 5) is 38.6. The van der Waals surface area contributed by atoms with Gasteiger partial charge in [-0.2, -0.15) is 0 Å². The van der Waals surface area contributed by atoms with Gasteiger partial charge in [-0.3, -0.25) is 24.6 Å². The summed E-state index contributed by atoms with van der Waals surface area (Å²) in [5.74, 6) is 0.192. The number of amides is 1. The van der Waals surface area contributed by atoms with Crippen molar-refractivity contribution in [3.8, 4) is 5.75 Å². The van der Waals surface area contributed by atoms with Gasteiger partial charge in [0.15, 0.2) is 5.78 Å². The summed E-state index contributed by atoms with van der Waals surface area (Å²) in [6.07, 6.45) is 1.80.